The topological polar surface area (TPSA) is 43.8 Å². The molecule has 20 heavy (non-hydrogen) atoms. The molecular weight excluding hydrogens is 253 g/mol. The van der Waals surface area contributed by atoms with Crippen molar-refractivity contribution in [1.82, 2.24) is 9.55 Å². The predicted molar refractivity (Wildman–Crippen MR) is 79.9 cm³/mol. The maximum Gasteiger partial charge on any atom is 0.143 e. The minimum Gasteiger partial charge on any atom is -0.398 e. The standard InChI is InChI=1S/C16H16FN3/c1-10(2)20-15-6-4-3-5-14(15)19-16(20)12-9-11(17)7-8-13(12)18/h3-10H,18H2,1-2H3. The number of nitrogens with zero attached hydrogens (tertiary/aromatic N) is 2. The summed E-state index contributed by atoms with van der Waals surface area (Å²) in [6.45, 7) is 4.15. The van der Waals surface area contributed by atoms with Gasteiger partial charge in [-0.1, -0.05) is 12.1 Å². The van der Waals surface area contributed by atoms with Crippen LogP contribution in [0.3, 0.4) is 0 Å². The predicted octanol–water partition coefficient (Wildman–Crippen LogP) is 4.01. The first-order valence-electron chi connectivity index (χ1n) is 6.60. The third-order valence-electron chi connectivity index (χ3n) is 3.37. The number of aromatic nitrogens is 2. The van der Waals surface area contributed by atoms with Gasteiger partial charge in [-0.3, -0.25) is 0 Å². The summed E-state index contributed by atoms with van der Waals surface area (Å²) in [4.78, 5) is 4.62. The van der Waals surface area contributed by atoms with Crippen molar-refractivity contribution >= 4 is 16.7 Å². The second-order valence-electron chi connectivity index (χ2n) is 5.12. The molecule has 0 saturated heterocycles. The summed E-state index contributed by atoms with van der Waals surface area (Å²) in [5.41, 5.74) is 9.08. The van der Waals surface area contributed by atoms with Crippen molar-refractivity contribution in [3.63, 3.8) is 0 Å². The number of nitrogen functional groups attached to an aromatic ring is 1. The third-order valence-corrected chi connectivity index (χ3v) is 3.37. The van der Waals surface area contributed by atoms with E-state index in [1.165, 1.54) is 12.1 Å². The fourth-order valence-corrected chi connectivity index (χ4v) is 2.48. The first-order valence-corrected chi connectivity index (χ1v) is 6.60. The van der Waals surface area contributed by atoms with Crippen molar-refractivity contribution in [1.29, 1.82) is 0 Å². The lowest BCUT2D eigenvalue weighted by atomic mass is 10.1. The molecule has 2 N–H and O–H groups in total. The highest BCUT2D eigenvalue weighted by molar-refractivity contribution is 5.83. The lowest BCUT2D eigenvalue weighted by molar-refractivity contribution is 0.618. The van der Waals surface area contributed by atoms with E-state index in [1.54, 1.807) is 6.07 Å². The molecule has 0 fully saturated rings. The Kier molecular flexibility index (Phi) is 2.93. The number of imidazole rings is 1. The van der Waals surface area contributed by atoms with Crippen LogP contribution in [0.15, 0.2) is 42.5 Å². The van der Waals surface area contributed by atoms with Crippen LogP contribution in [0.4, 0.5) is 10.1 Å². The summed E-state index contributed by atoms with van der Waals surface area (Å²) in [6.07, 6.45) is 0. The molecule has 4 heteroatoms. The molecule has 0 amide bonds. The van der Waals surface area contributed by atoms with Gasteiger partial charge in [-0.15, -0.1) is 0 Å². The van der Waals surface area contributed by atoms with Gasteiger partial charge in [0.2, 0.25) is 0 Å². The fourth-order valence-electron chi connectivity index (χ4n) is 2.48. The van der Waals surface area contributed by atoms with Gasteiger partial charge in [0.25, 0.3) is 0 Å². The van der Waals surface area contributed by atoms with Gasteiger partial charge in [0.1, 0.15) is 11.6 Å². The first-order chi connectivity index (χ1) is 9.58. The highest BCUT2D eigenvalue weighted by Gasteiger charge is 2.16. The smallest absolute Gasteiger partial charge is 0.143 e. The van der Waals surface area contributed by atoms with Gasteiger partial charge >= 0.3 is 0 Å². The number of rotatable bonds is 2. The molecule has 0 spiro atoms. The van der Waals surface area contributed by atoms with Crippen molar-refractivity contribution in [2.45, 2.75) is 19.9 Å². The first kappa shape index (κ1) is 12.7. The molecule has 0 unspecified atom stereocenters. The van der Waals surface area contributed by atoms with Gasteiger partial charge < -0.3 is 10.3 Å². The summed E-state index contributed by atoms with van der Waals surface area (Å²) in [5, 5.41) is 0. The number of hydrogen-bond donors (Lipinski definition) is 1. The van der Waals surface area contributed by atoms with Crippen LogP contribution in [0.25, 0.3) is 22.4 Å². The van der Waals surface area contributed by atoms with Crippen LogP contribution >= 0.6 is 0 Å². The SMILES string of the molecule is CC(C)n1c(-c2cc(F)ccc2N)nc2ccccc21. The van der Waals surface area contributed by atoms with Gasteiger partial charge in [-0.05, 0) is 44.2 Å². The van der Waals surface area contributed by atoms with E-state index in [1.807, 2.05) is 24.3 Å². The van der Waals surface area contributed by atoms with Gasteiger partial charge in [0.15, 0.2) is 0 Å². The van der Waals surface area contributed by atoms with Crippen LogP contribution in [-0.2, 0) is 0 Å². The third kappa shape index (κ3) is 1.93. The summed E-state index contributed by atoms with van der Waals surface area (Å²) in [6, 6.07) is 12.5. The molecule has 0 aliphatic heterocycles. The number of anilines is 1. The van der Waals surface area contributed by atoms with E-state index < -0.39 is 0 Å². The zero-order chi connectivity index (χ0) is 14.3. The van der Waals surface area contributed by atoms with Gasteiger partial charge in [0.05, 0.1) is 11.0 Å². The number of para-hydroxylation sites is 2. The van der Waals surface area contributed by atoms with E-state index in [0.29, 0.717) is 17.1 Å². The molecule has 0 radical (unpaired) electrons. The molecule has 1 aromatic heterocycles. The highest BCUT2D eigenvalue weighted by atomic mass is 19.1. The summed E-state index contributed by atoms with van der Waals surface area (Å²) < 4.78 is 15.6. The Balaban J connectivity index is 2.35. The van der Waals surface area contributed by atoms with Gasteiger partial charge in [-0.25, -0.2) is 9.37 Å². The molecular formula is C16H16FN3. The quantitative estimate of drug-likeness (QED) is 0.714. The second-order valence-corrected chi connectivity index (χ2v) is 5.12. The zero-order valence-corrected chi connectivity index (χ0v) is 11.5. The Morgan fingerprint density at radius 3 is 2.65 bits per heavy atom. The van der Waals surface area contributed by atoms with Crippen molar-refractivity contribution in [2.75, 3.05) is 5.73 Å². The minimum absolute atomic E-state index is 0.208. The van der Waals surface area contributed by atoms with Crippen molar-refractivity contribution in [2.24, 2.45) is 0 Å². The lowest BCUT2D eigenvalue weighted by Crippen LogP contribution is -2.04. The van der Waals surface area contributed by atoms with Crippen molar-refractivity contribution in [3.8, 4) is 11.4 Å². The van der Waals surface area contributed by atoms with Crippen LogP contribution in [0.5, 0.6) is 0 Å². The Bertz CT molecular complexity index is 774. The molecule has 0 aliphatic rings. The summed E-state index contributed by atoms with van der Waals surface area (Å²) >= 11 is 0. The molecule has 102 valence electrons. The van der Waals surface area contributed by atoms with Crippen LogP contribution in [0.2, 0.25) is 0 Å². The Labute approximate surface area is 116 Å². The molecule has 0 atom stereocenters. The zero-order valence-electron chi connectivity index (χ0n) is 11.5. The van der Waals surface area contributed by atoms with Crippen molar-refractivity contribution < 1.29 is 4.39 Å². The average molecular weight is 269 g/mol. The lowest BCUT2D eigenvalue weighted by Gasteiger charge is -2.14. The fraction of sp³-hybridized carbons (Fsp3) is 0.188. The molecule has 2 aromatic carbocycles. The number of fused-ring (bicyclic) bond motifs is 1. The monoisotopic (exact) mass is 269 g/mol. The Hall–Kier alpha value is -2.36. The van der Waals surface area contributed by atoms with E-state index in [-0.39, 0.29) is 11.9 Å². The summed E-state index contributed by atoms with van der Waals surface area (Å²) in [5.74, 6) is 0.398. The molecule has 1 heterocycles. The molecule has 0 bridgehead atoms. The molecule has 0 aliphatic carbocycles. The highest BCUT2D eigenvalue weighted by Crippen LogP contribution is 2.31. The van der Waals surface area contributed by atoms with Crippen LogP contribution in [0.1, 0.15) is 19.9 Å². The van der Waals surface area contributed by atoms with E-state index in [4.69, 9.17) is 5.73 Å². The van der Waals surface area contributed by atoms with Gasteiger partial charge in [0, 0.05) is 17.3 Å². The Morgan fingerprint density at radius 1 is 1.15 bits per heavy atom. The summed E-state index contributed by atoms with van der Waals surface area (Å²) in [7, 11) is 0. The van der Waals surface area contributed by atoms with E-state index >= 15 is 0 Å². The molecule has 3 rings (SSSR count). The second kappa shape index (κ2) is 4.63. The van der Waals surface area contributed by atoms with Crippen LogP contribution < -0.4 is 5.73 Å². The molecule has 3 nitrogen and oxygen atoms in total. The number of benzene rings is 2. The average Bonchev–Trinajstić information content (AvgIpc) is 2.80. The normalized spacial score (nSPS) is 11.4. The van der Waals surface area contributed by atoms with E-state index in [0.717, 1.165) is 11.0 Å². The number of halogens is 1. The van der Waals surface area contributed by atoms with E-state index in [2.05, 4.69) is 23.4 Å². The largest absolute Gasteiger partial charge is 0.398 e. The van der Waals surface area contributed by atoms with Crippen LogP contribution in [0, 0.1) is 5.82 Å². The molecule has 3 aromatic rings. The maximum absolute atomic E-state index is 13.5. The minimum atomic E-state index is -0.309. The molecule has 0 saturated carbocycles. The maximum atomic E-state index is 13.5. The van der Waals surface area contributed by atoms with E-state index in [9.17, 15) is 4.39 Å². The Morgan fingerprint density at radius 2 is 1.90 bits per heavy atom. The van der Waals surface area contributed by atoms with Crippen LogP contribution in [-0.4, -0.2) is 9.55 Å². The number of nitrogens with two attached hydrogens (primary N) is 1. The van der Waals surface area contributed by atoms with Crippen molar-refractivity contribution in [3.05, 3.63) is 48.3 Å². The van der Waals surface area contributed by atoms with Gasteiger partial charge in [-0.2, -0.15) is 0 Å². The number of hydrogen-bond acceptors (Lipinski definition) is 2.